The van der Waals surface area contributed by atoms with Crippen LogP contribution in [0.5, 0.6) is 11.6 Å². The molecule has 3 rings (SSSR count). The third kappa shape index (κ3) is 3.59. The largest absolute Gasteiger partial charge is 0.497 e. The minimum atomic E-state index is -0.579. The van der Waals surface area contributed by atoms with Crippen molar-refractivity contribution in [3.8, 4) is 11.6 Å². The molecule has 1 aromatic heterocycles. The molecule has 2 aromatic rings. The second kappa shape index (κ2) is 6.64. The molecule has 1 fully saturated rings. The lowest BCUT2D eigenvalue weighted by atomic mass is 10.2. The van der Waals surface area contributed by atoms with Crippen LogP contribution in [0.15, 0.2) is 42.5 Å². The predicted octanol–water partition coefficient (Wildman–Crippen LogP) is 2.52. The molecule has 1 aliphatic heterocycles. The normalized spacial score (nSPS) is 17.1. The zero-order chi connectivity index (χ0) is 16.2. The summed E-state index contributed by atoms with van der Waals surface area (Å²) < 4.78 is 23.9. The molecule has 6 heteroatoms. The number of benzene rings is 1. The fourth-order valence-corrected chi connectivity index (χ4v) is 2.57. The van der Waals surface area contributed by atoms with Gasteiger partial charge in [0.25, 0.3) is 5.91 Å². The number of pyridine rings is 1. The molecule has 120 valence electrons. The van der Waals surface area contributed by atoms with E-state index in [1.165, 1.54) is 6.07 Å². The number of hydrogen-bond donors (Lipinski definition) is 0. The molecule has 1 amide bonds. The van der Waals surface area contributed by atoms with E-state index in [0.29, 0.717) is 30.8 Å². The van der Waals surface area contributed by atoms with Gasteiger partial charge in [0.15, 0.2) is 0 Å². The van der Waals surface area contributed by atoms with Gasteiger partial charge in [-0.05, 0) is 24.3 Å². The highest BCUT2D eigenvalue weighted by Gasteiger charge is 2.28. The van der Waals surface area contributed by atoms with E-state index >= 15 is 0 Å². The highest BCUT2D eigenvalue weighted by Crippen LogP contribution is 2.20. The molecular weight excluding hydrogens is 299 g/mol. The van der Waals surface area contributed by atoms with Gasteiger partial charge >= 0.3 is 0 Å². The minimum Gasteiger partial charge on any atom is -0.497 e. The summed E-state index contributed by atoms with van der Waals surface area (Å²) in [6, 6.07) is 11.5. The summed E-state index contributed by atoms with van der Waals surface area (Å²) in [5.74, 6) is 0.240. The maximum atomic E-state index is 13.1. The molecule has 0 spiro atoms. The second-order valence-corrected chi connectivity index (χ2v) is 5.31. The first kappa shape index (κ1) is 15.3. The second-order valence-electron chi connectivity index (χ2n) is 5.31. The van der Waals surface area contributed by atoms with E-state index in [1.54, 1.807) is 48.4 Å². The van der Waals surface area contributed by atoms with Gasteiger partial charge in [0.2, 0.25) is 11.8 Å². The number of carbonyl (C=O) groups is 1. The summed E-state index contributed by atoms with van der Waals surface area (Å²) in [5.41, 5.74) is 0.578. The number of hydrogen-bond acceptors (Lipinski definition) is 4. The first-order chi connectivity index (χ1) is 11.2. The standard InChI is InChI=1S/C17H17FN2O3/c1-22-13-5-2-4-12(10-13)17(21)20-9-8-14(11-20)23-16-7-3-6-15(18)19-16/h2-7,10,14H,8-9,11H2,1H3. The SMILES string of the molecule is COc1cccc(C(=O)N2CCC(Oc3cccc(F)n3)C2)c1. The Morgan fingerprint density at radius 3 is 2.91 bits per heavy atom. The van der Waals surface area contributed by atoms with Crippen LogP contribution in [0.2, 0.25) is 0 Å². The summed E-state index contributed by atoms with van der Waals surface area (Å²) in [4.78, 5) is 17.9. The van der Waals surface area contributed by atoms with Gasteiger partial charge in [-0.3, -0.25) is 4.79 Å². The summed E-state index contributed by atoms with van der Waals surface area (Å²) in [5, 5.41) is 0. The number of methoxy groups -OCH3 is 1. The van der Waals surface area contributed by atoms with Crippen molar-refractivity contribution < 1.29 is 18.7 Å². The van der Waals surface area contributed by atoms with Crippen molar-refractivity contribution in [3.05, 3.63) is 54.0 Å². The smallest absolute Gasteiger partial charge is 0.254 e. The van der Waals surface area contributed by atoms with Gasteiger partial charge in [-0.2, -0.15) is 9.37 Å². The lowest BCUT2D eigenvalue weighted by molar-refractivity contribution is 0.0770. The number of nitrogens with zero attached hydrogens (tertiary/aromatic N) is 2. The Kier molecular flexibility index (Phi) is 4.41. The number of amides is 1. The fraction of sp³-hybridized carbons (Fsp3) is 0.294. The Balaban J connectivity index is 1.63. The Morgan fingerprint density at radius 2 is 2.13 bits per heavy atom. The highest BCUT2D eigenvalue weighted by atomic mass is 19.1. The molecular formula is C17H17FN2O3. The summed E-state index contributed by atoms with van der Waals surface area (Å²) in [6.07, 6.45) is 0.507. The third-order valence-electron chi connectivity index (χ3n) is 3.73. The number of carbonyl (C=O) groups excluding carboxylic acids is 1. The van der Waals surface area contributed by atoms with Crippen molar-refractivity contribution in [2.24, 2.45) is 0 Å². The van der Waals surface area contributed by atoms with Crippen molar-refractivity contribution >= 4 is 5.91 Å². The molecule has 5 nitrogen and oxygen atoms in total. The average Bonchev–Trinajstić information content (AvgIpc) is 3.02. The summed E-state index contributed by atoms with van der Waals surface area (Å²) in [6.45, 7) is 1.05. The summed E-state index contributed by atoms with van der Waals surface area (Å²) in [7, 11) is 1.56. The molecule has 1 aromatic carbocycles. The van der Waals surface area contributed by atoms with E-state index in [1.807, 2.05) is 0 Å². The van der Waals surface area contributed by atoms with Crippen LogP contribution in [0.25, 0.3) is 0 Å². The molecule has 1 aliphatic rings. The Labute approximate surface area is 133 Å². The molecule has 0 bridgehead atoms. The quantitative estimate of drug-likeness (QED) is 0.813. The van der Waals surface area contributed by atoms with E-state index in [-0.39, 0.29) is 17.9 Å². The van der Waals surface area contributed by atoms with Gasteiger partial charge < -0.3 is 14.4 Å². The molecule has 0 radical (unpaired) electrons. The van der Waals surface area contributed by atoms with Crippen LogP contribution in [0.3, 0.4) is 0 Å². The third-order valence-corrected chi connectivity index (χ3v) is 3.73. The molecule has 1 atom stereocenters. The van der Waals surface area contributed by atoms with Crippen LogP contribution in [0.4, 0.5) is 4.39 Å². The van der Waals surface area contributed by atoms with E-state index in [4.69, 9.17) is 9.47 Å². The van der Waals surface area contributed by atoms with E-state index in [9.17, 15) is 9.18 Å². The Hall–Kier alpha value is -2.63. The number of halogens is 1. The minimum absolute atomic E-state index is 0.0674. The van der Waals surface area contributed by atoms with Crippen LogP contribution >= 0.6 is 0 Å². The first-order valence-electron chi connectivity index (χ1n) is 7.38. The molecule has 0 N–H and O–H groups in total. The van der Waals surface area contributed by atoms with Crippen LogP contribution in [0.1, 0.15) is 16.8 Å². The van der Waals surface area contributed by atoms with E-state index < -0.39 is 5.95 Å². The van der Waals surface area contributed by atoms with Crippen LogP contribution in [-0.2, 0) is 0 Å². The van der Waals surface area contributed by atoms with Crippen molar-refractivity contribution in [2.45, 2.75) is 12.5 Å². The lowest BCUT2D eigenvalue weighted by Gasteiger charge is -2.17. The molecule has 0 aliphatic carbocycles. The highest BCUT2D eigenvalue weighted by molar-refractivity contribution is 5.94. The van der Waals surface area contributed by atoms with E-state index in [2.05, 4.69) is 4.98 Å². The predicted molar refractivity (Wildman–Crippen MR) is 82.1 cm³/mol. The van der Waals surface area contributed by atoms with Gasteiger partial charge in [0, 0.05) is 24.6 Å². The van der Waals surface area contributed by atoms with E-state index in [0.717, 1.165) is 0 Å². The average molecular weight is 316 g/mol. The zero-order valence-electron chi connectivity index (χ0n) is 12.7. The van der Waals surface area contributed by atoms with Gasteiger partial charge in [-0.25, -0.2) is 0 Å². The number of rotatable bonds is 4. The number of ether oxygens (including phenoxy) is 2. The zero-order valence-corrected chi connectivity index (χ0v) is 12.7. The van der Waals surface area contributed by atoms with Crippen LogP contribution in [-0.4, -0.2) is 42.1 Å². The topological polar surface area (TPSA) is 51.7 Å². The van der Waals surface area contributed by atoms with Crippen molar-refractivity contribution in [1.29, 1.82) is 0 Å². The van der Waals surface area contributed by atoms with Gasteiger partial charge in [-0.15, -0.1) is 0 Å². The first-order valence-corrected chi connectivity index (χ1v) is 7.38. The van der Waals surface area contributed by atoms with Crippen molar-refractivity contribution in [2.75, 3.05) is 20.2 Å². The van der Waals surface area contributed by atoms with Crippen LogP contribution < -0.4 is 9.47 Å². The van der Waals surface area contributed by atoms with Gasteiger partial charge in [0.1, 0.15) is 11.9 Å². The maximum Gasteiger partial charge on any atom is 0.254 e. The monoisotopic (exact) mass is 316 g/mol. The Morgan fingerprint density at radius 1 is 1.30 bits per heavy atom. The summed E-state index contributed by atoms with van der Waals surface area (Å²) >= 11 is 0. The van der Waals surface area contributed by atoms with Crippen molar-refractivity contribution in [1.82, 2.24) is 9.88 Å². The molecule has 0 saturated carbocycles. The molecule has 1 saturated heterocycles. The lowest BCUT2D eigenvalue weighted by Crippen LogP contribution is -2.31. The van der Waals surface area contributed by atoms with Gasteiger partial charge in [0.05, 0.1) is 13.7 Å². The number of aromatic nitrogens is 1. The van der Waals surface area contributed by atoms with Gasteiger partial charge in [-0.1, -0.05) is 12.1 Å². The van der Waals surface area contributed by atoms with Crippen molar-refractivity contribution in [3.63, 3.8) is 0 Å². The van der Waals surface area contributed by atoms with Crippen LogP contribution in [0, 0.1) is 5.95 Å². The number of likely N-dealkylation sites (tertiary alicyclic amines) is 1. The maximum absolute atomic E-state index is 13.1. The Bertz CT molecular complexity index is 708. The fourth-order valence-electron chi connectivity index (χ4n) is 2.57. The molecule has 1 unspecified atom stereocenters. The molecule has 23 heavy (non-hydrogen) atoms. The molecule has 2 heterocycles.